The van der Waals surface area contributed by atoms with Gasteiger partial charge in [0, 0.05) is 0 Å². The van der Waals surface area contributed by atoms with Crippen LogP contribution in [0.2, 0.25) is 0 Å². The second-order valence-corrected chi connectivity index (χ2v) is 6.70. The summed E-state index contributed by atoms with van der Waals surface area (Å²) in [4.78, 5) is 0. The Kier molecular flexibility index (Phi) is 6.31. The zero-order chi connectivity index (χ0) is 14.5. The quantitative estimate of drug-likeness (QED) is 0.731. The van der Waals surface area contributed by atoms with Gasteiger partial charge in [-0.1, -0.05) is 0 Å². The van der Waals surface area contributed by atoms with Gasteiger partial charge in [-0.2, -0.15) is 5.26 Å². The molecule has 0 bridgehead atoms. The molecule has 0 aromatic heterocycles. The lowest BCUT2D eigenvalue weighted by Crippen LogP contribution is -2.10. The maximum absolute atomic E-state index is 9.10. The van der Waals surface area contributed by atoms with Crippen LogP contribution in [0.15, 0.2) is 21.1 Å². The highest BCUT2D eigenvalue weighted by Crippen LogP contribution is 2.35. The van der Waals surface area contributed by atoms with E-state index >= 15 is 0 Å². The Hall–Kier alpha value is -0.570. The Bertz CT molecular complexity index is 458. The molecule has 0 aliphatic rings. The molecule has 0 unspecified atom stereocenters. The van der Waals surface area contributed by atoms with Crippen molar-refractivity contribution in [2.45, 2.75) is 33.3 Å². The lowest BCUT2D eigenvalue weighted by molar-refractivity contribution is 0.276. The molecular weight excluding hydrogens is 374 g/mol. The van der Waals surface area contributed by atoms with Gasteiger partial charge >= 0.3 is 0 Å². The number of halogens is 2. The predicted octanol–water partition coefficient (Wildman–Crippen LogP) is 4.41. The van der Waals surface area contributed by atoms with Crippen LogP contribution in [0.4, 0.5) is 0 Å². The van der Waals surface area contributed by atoms with E-state index < -0.39 is 0 Å². The Labute approximate surface area is 130 Å². The van der Waals surface area contributed by atoms with Crippen LogP contribution in [0.5, 0.6) is 5.75 Å². The fourth-order valence-corrected chi connectivity index (χ4v) is 3.10. The van der Waals surface area contributed by atoms with Crippen LogP contribution in [0.1, 0.15) is 32.3 Å². The summed E-state index contributed by atoms with van der Waals surface area (Å²) in [5, 5.41) is 18.0. The monoisotopic (exact) mass is 389 g/mol. The summed E-state index contributed by atoms with van der Waals surface area (Å²) in [7, 11) is 0. The summed E-state index contributed by atoms with van der Waals surface area (Å²) in [5.74, 6) is 0.729. The molecule has 1 rings (SSSR count). The highest BCUT2D eigenvalue weighted by molar-refractivity contribution is 9.11. The van der Waals surface area contributed by atoms with Crippen LogP contribution >= 0.6 is 31.9 Å². The second kappa shape index (κ2) is 7.28. The Balaban J connectivity index is 2.57. The predicted molar refractivity (Wildman–Crippen MR) is 81.9 cm³/mol. The molecule has 0 fully saturated rings. The van der Waals surface area contributed by atoms with E-state index in [2.05, 4.69) is 37.9 Å². The maximum atomic E-state index is 9.10. The Morgan fingerprint density at radius 1 is 1.32 bits per heavy atom. The average molecular weight is 391 g/mol. The van der Waals surface area contributed by atoms with Gasteiger partial charge in [0.05, 0.1) is 33.6 Å². The van der Waals surface area contributed by atoms with Crippen molar-refractivity contribution in [2.24, 2.45) is 5.41 Å². The van der Waals surface area contributed by atoms with Crippen LogP contribution in [-0.4, -0.2) is 11.7 Å². The fraction of sp³-hybridized carbons (Fsp3) is 0.500. The minimum Gasteiger partial charge on any atom is -0.491 e. The maximum Gasteiger partial charge on any atom is 0.147 e. The minimum absolute atomic E-state index is 0.00611. The lowest BCUT2D eigenvalue weighted by Gasteiger charge is -2.16. The van der Waals surface area contributed by atoms with Gasteiger partial charge in [0.25, 0.3) is 0 Å². The molecule has 0 saturated heterocycles. The van der Waals surface area contributed by atoms with Crippen LogP contribution in [0.25, 0.3) is 0 Å². The van der Waals surface area contributed by atoms with E-state index in [1.54, 1.807) is 0 Å². The van der Waals surface area contributed by atoms with Gasteiger partial charge in [-0.25, -0.2) is 0 Å². The first-order chi connectivity index (χ1) is 8.89. The SMILES string of the molecule is CC(C)(C#N)CCCOc1c(Br)cc(CO)cc1Br. The molecule has 104 valence electrons. The highest BCUT2D eigenvalue weighted by atomic mass is 79.9. The van der Waals surface area contributed by atoms with Crippen molar-refractivity contribution in [2.75, 3.05) is 6.61 Å². The van der Waals surface area contributed by atoms with Crippen molar-refractivity contribution in [3.8, 4) is 11.8 Å². The van der Waals surface area contributed by atoms with Crippen LogP contribution < -0.4 is 4.74 Å². The van der Waals surface area contributed by atoms with E-state index in [-0.39, 0.29) is 12.0 Å². The van der Waals surface area contributed by atoms with Gasteiger partial charge in [0.1, 0.15) is 5.75 Å². The van der Waals surface area contributed by atoms with E-state index in [4.69, 9.17) is 15.1 Å². The zero-order valence-electron chi connectivity index (χ0n) is 11.0. The number of rotatable bonds is 6. The van der Waals surface area contributed by atoms with Crippen molar-refractivity contribution >= 4 is 31.9 Å². The first-order valence-electron chi connectivity index (χ1n) is 6.02. The molecule has 0 radical (unpaired) electrons. The van der Waals surface area contributed by atoms with E-state index in [1.165, 1.54) is 0 Å². The molecule has 19 heavy (non-hydrogen) atoms. The van der Waals surface area contributed by atoms with Crippen LogP contribution in [0, 0.1) is 16.7 Å². The third-order valence-corrected chi connectivity index (χ3v) is 3.91. The van der Waals surface area contributed by atoms with Crippen LogP contribution in [0.3, 0.4) is 0 Å². The number of hydrogen-bond donors (Lipinski definition) is 1. The van der Waals surface area contributed by atoms with E-state index in [1.807, 2.05) is 26.0 Å². The number of nitriles is 1. The average Bonchev–Trinajstić information content (AvgIpc) is 2.36. The molecule has 1 aromatic rings. The normalized spacial score (nSPS) is 11.2. The topological polar surface area (TPSA) is 53.2 Å². The van der Waals surface area contributed by atoms with E-state index in [9.17, 15) is 0 Å². The zero-order valence-corrected chi connectivity index (χ0v) is 14.2. The molecular formula is C14H17Br2NO2. The summed E-state index contributed by atoms with van der Waals surface area (Å²) in [6.07, 6.45) is 1.62. The van der Waals surface area contributed by atoms with Crippen molar-refractivity contribution in [1.82, 2.24) is 0 Å². The number of aliphatic hydroxyl groups excluding tert-OH is 1. The fourth-order valence-electron chi connectivity index (χ4n) is 1.59. The Morgan fingerprint density at radius 3 is 2.37 bits per heavy atom. The molecule has 0 aliphatic heterocycles. The number of hydrogen-bond acceptors (Lipinski definition) is 3. The van der Waals surface area contributed by atoms with Gasteiger partial charge in [-0.3, -0.25) is 0 Å². The first kappa shape index (κ1) is 16.5. The molecule has 0 saturated carbocycles. The van der Waals surface area contributed by atoms with Crippen molar-refractivity contribution in [3.63, 3.8) is 0 Å². The second-order valence-electron chi connectivity index (χ2n) is 4.99. The van der Waals surface area contributed by atoms with Gasteiger partial charge < -0.3 is 9.84 Å². The molecule has 0 aliphatic carbocycles. The minimum atomic E-state index is -0.307. The third kappa shape index (κ3) is 5.13. The van der Waals surface area contributed by atoms with Gasteiger partial charge in [-0.15, -0.1) is 0 Å². The first-order valence-corrected chi connectivity index (χ1v) is 7.61. The summed E-state index contributed by atoms with van der Waals surface area (Å²) < 4.78 is 7.34. The lowest BCUT2D eigenvalue weighted by atomic mass is 9.90. The molecule has 0 heterocycles. The van der Waals surface area contributed by atoms with Gasteiger partial charge in [0.15, 0.2) is 0 Å². The molecule has 5 heteroatoms. The number of nitrogens with zero attached hydrogens (tertiary/aromatic N) is 1. The van der Waals surface area contributed by atoms with Crippen molar-refractivity contribution in [1.29, 1.82) is 5.26 Å². The molecule has 0 amide bonds. The van der Waals surface area contributed by atoms with E-state index in [0.717, 1.165) is 33.1 Å². The molecule has 1 N–H and O–H groups in total. The smallest absolute Gasteiger partial charge is 0.147 e. The molecule has 0 spiro atoms. The highest BCUT2D eigenvalue weighted by Gasteiger charge is 2.16. The largest absolute Gasteiger partial charge is 0.491 e. The van der Waals surface area contributed by atoms with Gasteiger partial charge in [-0.05, 0) is 76.2 Å². The van der Waals surface area contributed by atoms with Gasteiger partial charge in [0.2, 0.25) is 0 Å². The van der Waals surface area contributed by atoms with Crippen LogP contribution in [-0.2, 0) is 6.61 Å². The standard InChI is InChI=1S/C14H17Br2NO2/c1-14(2,9-17)4-3-5-19-13-11(15)6-10(8-18)7-12(13)16/h6-7,18H,3-5,8H2,1-2H3. The van der Waals surface area contributed by atoms with Crippen molar-refractivity contribution < 1.29 is 9.84 Å². The Morgan fingerprint density at radius 2 is 1.89 bits per heavy atom. The summed E-state index contributed by atoms with van der Waals surface area (Å²) in [6, 6.07) is 5.94. The third-order valence-electron chi connectivity index (χ3n) is 2.74. The summed E-state index contributed by atoms with van der Waals surface area (Å²) in [6.45, 7) is 4.40. The summed E-state index contributed by atoms with van der Waals surface area (Å²) in [5.41, 5.74) is 0.509. The molecule has 0 atom stereocenters. The number of ether oxygens (including phenoxy) is 1. The summed E-state index contributed by atoms with van der Waals surface area (Å²) >= 11 is 6.85. The molecule has 3 nitrogen and oxygen atoms in total. The van der Waals surface area contributed by atoms with Crippen molar-refractivity contribution in [3.05, 3.63) is 26.6 Å². The molecule has 1 aromatic carbocycles. The number of benzene rings is 1. The van der Waals surface area contributed by atoms with E-state index in [0.29, 0.717) is 6.61 Å². The number of aliphatic hydroxyl groups is 1.